The fraction of sp³-hybridized carbons (Fsp3) is 1.00. The lowest BCUT2D eigenvalue weighted by Crippen LogP contribution is -2.29. The number of hydrogen-bond donors (Lipinski definition) is 1. The number of unbranched alkanes of at least 4 members (excludes halogenated alkanes) is 1. The standard InChI is InChI=1S/C15H33N/c1-5-8-13-16-15(7-3)12-9-11-14(4)10-6-2/h14-16H,5-13H2,1-4H3/t14-,15?/m1/s1. The first-order valence-electron chi connectivity index (χ1n) is 7.47. The van der Waals surface area contributed by atoms with E-state index in [1.165, 1.54) is 57.9 Å². The van der Waals surface area contributed by atoms with Crippen molar-refractivity contribution in [2.45, 2.75) is 85.1 Å². The number of hydrogen-bond acceptors (Lipinski definition) is 1. The maximum atomic E-state index is 3.68. The molecule has 0 radical (unpaired) electrons. The Hall–Kier alpha value is -0.0400. The van der Waals surface area contributed by atoms with Gasteiger partial charge in [0.2, 0.25) is 0 Å². The van der Waals surface area contributed by atoms with Crippen molar-refractivity contribution in [1.82, 2.24) is 5.32 Å². The molecule has 0 heterocycles. The minimum Gasteiger partial charge on any atom is -0.314 e. The monoisotopic (exact) mass is 227 g/mol. The van der Waals surface area contributed by atoms with E-state index in [2.05, 4.69) is 33.0 Å². The maximum Gasteiger partial charge on any atom is 0.00644 e. The van der Waals surface area contributed by atoms with Crippen LogP contribution in [0.15, 0.2) is 0 Å². The van der Waals surface area contributed by atoms with Gasteiger partial charge in [-0.05, 0) is 31.7 Å². The van der Waals surface area contributed by atoms with Crippen LogP contribution in [-0.4, -0.2) is 12.6 Å². The predicted molar refractivity (Wildman–Crippen MR) is 74.9 cm³/mol. The molecule has 0 aliphatic carbocycles. The summed E-state index contributed by atoms with van der Waals surface area (Å²) in [6, 6.07) is 0.764. The fourth-order valence-electron chi connectivity index (χ4n) is 2.28. The Morgan fingerprint density at radius 2 is 1.62 bits per heavy atom. The van der Waals surface area contributed by atoms with Gasteiger partial charge in [0.05, 0.1) is 0 Å². The smallest absolute Gasteiger partial charge is 0.00644 e. The second-order valence-electron chi connectivity index (χ2n) is 5.24. The summed E-state index contributed by atoms with van der Waals surface area (Å²) in [6.45, 7) is 10.5. The van der Waals surface area contributed by atoms with Crippen molar-refractivity contribution < 1.29 is 0 Å². The topological polar surface area (TPSA) is 12.0 Å². The van der Waals surface area contributed by atoms with E-state index in [4.69, 9.17) is 0 Å². The van der Waals surface area contributed by atoms with Crippen molar-refractivity contribution >= 4 is 0 Å². The van der Waals surface area contributed by atoms with Crippen molar-refractivity contribution in [3.8, 4) is 0 Å². The molecule has 0 aliphatic heterocycles. The summed E-state index contributed by atoms with van der Waals surface area (Å²) < 4.78 is 0. The fourth-order valence-corrected chi connectivity index (χ4v) is 2.28. The molecule has 0 saturated carbocycles. The van der Waals surface area contributed by atoms with E-state index in [-0.39, 0.29) is 0 Å². The van der Waals surface area contributed by atoms with Crippen LogP contribution in [0, 0.1) is 5.92 Å². The molecule has 0 rings (SSSR count). The molecule has 98 valence electrons. The number of nitrogens with one attached hydrogen (secondary N) is 1. The highest BCUT2D eigenvalue weighted by Crippen LogP contribution is 2.15. The van der Waals surface area contributed by atoms with Gasteiger partial charge in [-0.2, -0.15) is 0 Å². The molecule has 1 unspecified atom stereocenters. The summed E-state index contributed by atoms with van der Waals surface area (Å²) in [4.78, 5) is 0. The van der Waals surface area contributed by atoms with E-state index in [0.717, 1.165) is 12.0 Å². The lowest BCUT2D eigenvalue weighted by Gasteiger charge is -2.18. The largest absolute Gasteiger partial charge is 0.314 e. The molecule has 0 spiro atoms. The molecule has 0 saturated heterocycles. The maximum absolute atomic E-state index is 3.68. The minimum absolute atomic E-state index is 0.764. The predicted octanol–water partition coefficient (Wildman–Crippen LogP) is 4.76. The van der Waals surface area contributed by atoms with E-state index < -0.39 is 0 Å². The highest BCUT2D eigenvalue weighted by molar-refractivity contribution is 4.65. The van der Waals surface area contributed by atoms with Crippen LogP contribution in [0.25, 0.3) is 0 Å². The van der Waals surface area contributed by atoms with Crippen LogP contribution in [0.1, 0.15) is 79.1 Å². The van der Waals surface area contributed by atoms with E-state index in [0.29, 0.717) is 0 Å². The molecule has 1 N–H and O–H groups in total. The van der Waals surface area contributed by atoms with Gasteiger partial charge in [-0.3, -0.25) is 0 Å². The first-order chi connectivity index (χ1) is 7.74. The Kier molecular flexibility index (Phi) is 11.4. The van der Waals surface area contributed by atoms with Crippen LogP contribution in [0.2, 0.25) is 0 Å². The normalized spacial score (nSPS) is 15.0. The first-order valence-corrected chi connectivity index (χ1v) is 7.47. The van der Waals surface area contributed by atoms with Gasteiger partial charge in [-0.25, -0.2) is 0 Å². The molecule has 0 fully saturated rings. The first kappa shape index (κ1) is 16.0. The molecule has 1 nitrogen and oxygen atoms in total. The van der Waals surface area contributed by atoms with Crippen molar-refractivity contribution in [2.24, 2.45) is 5.92 Å². The molecule has 2 atom stereocenters. The second-order valence-corrected chi connectivity index (χ2v) is 5.24. The van der Waals surface area contributed by atoms with Crippen molar-refractivity contribution in [1.29, 1.82) is 0 Å². The van der Waals surface area contributed by atoms with Gasteiger partial charge in [0.25, 0.3) is 0 Å². The van der Waals surface area contributed by atoms with Gasteiger partial charge in [0.15, 0.2) is 0 Å². The quantitative estimate of drug-likeness (QED) is 0.502. The lowest BCUT2D eigenvalue weighted by molar-refractivity contribution is 0.404. The van der Waals surface area contributed by atoms with E-state index in [9.17, 15) is 0 Å². The molecule has 16 heavy (non-hydrogen) atoms. The van der Waals surface area contributed by atoms with Crippen LogP contribution in [-0.2, 0) is 0 Å². The molecular weight excluding hydrogens is 194 g/mol. The zero-order valence-electron chi connectivity index (χ0n) is 12.0. The molecular formula is C15H33N. The van der Waals surface area contributed by atoms with E-state index in [1.54, 1.807) is 0 Å². The number of rotatable bonds is 11. The highest BCUT2D eigenvalue weighted by Gasteiger charge is 2.06. The van der Waals surface area contributed by atoms with Crippen LogP contribution < -0.4 is 5.32 Å². The van der Waals surface area contributed by atoms with E-state index in [1.807, 2.05) is 0 Å². The van der Waals surface area contributed by atoms with Gasteiger partial charge < -0.3 is 5.32 Å². The Morgan fingerprint density at radius 1 is 0.875 bits per heavy atom. The van der Waals surface area contributed by atoms with Gasteiger partial charge >= 0.3 is 0 Å². The van der Waals surface area contributed by atoms with Crippen molar-refractivity contribution in [3.63, 3.8) is 0 Å². The van der Waals surface area contributed by atoms with Gasteiger partial charge in [0.1, 0.15) is 0 Å². The third kappa shape index (κ3) is 9.21. The van der Waals surface area contributed by atoms with Crippen molar-refractivity contribution in [3.05, 3.63) is 0 Å². The van der Waals surface area contributed by atoms with Crippen LogP contribution in [0.3, 0.4) is 0 Å². The Labute approximate surface area is 103 Å². The van der Waals surface area contributed by atoms with Crippen LogP contribution >= 0.6 is 0 Å². The minimum atomic E-state index is 0.764. The molecule has 0 amide bonds. The summed E-state index contributed by atoms with van der Waals surface area (Å²) in [5, 5.41) is 3.68. The molecule has 0 aliphatic rings. The molecule has 1 heteroatoms. The Bertz CT molecular complexity index is 133. The van der Waals surface area contributed by atoms with E-state index >= 15 is 0 Å². The molecule has 0 aromatic heterocycles. The van der Waals surface area contributed by atoms with Crippen LogP contribution in [0.4, 0.5) is 0 Å². The summed E-state index contributed by atoms with van der Waals surface area (Å²) in [5.41, 5.74) is 0. The Balaban J connectivity index is 3.46. The molecule has 0 bridgehead atoms. The average Bonchev–Trinajstić information content (AvgIpc) is 2.27. The zero-order chi connectivity index (χ0) is 12.2. The van der Waals surface area contributed by atoms with Crippen molar-refractivity contribution in [2.75, 3.05) is 6.54 Å². The summed E-state index contributed by atoms with van der Waals surface area (Å²) >= 11 is 0. The summed E-state index contributed by atoms with van der Waals surface area (Å²) in [6.07, 6.45) is 10.8. The van der Waals surface area contributed by atoms with Crippen LogP contribution in [0.5, 0.6) is 0 Å². The second kappa shape index (κ2) is 11.4. The zero-order valence-corrected chi connectivity index (χ0v) is 12.0. The molecule has 0 aromatic rings. The highest BCUT2D eigenvalue weighted by atomic mass is 14.9. The van der Waals surface area contributed by atoms with Gasteiger partial charge in [-0.1, -0.05) is 59.8 Å². The third-order valence-electron chi connectivity index (χ3n) is 3.49. The summed E-state index contributed by atoms with van der Waals surface area (Å²) in [7, 11) is 0. The van der Waals surface area contributed by atoms with Gasteiger partial charge in [0, 0.05) is 6.04 Å². The third-order valence-corrected chi connectivity index (χ3v) is 3.49. The summed E-state index contributed by atoms with van der Waals surface area (Å²) in [5.74, 6) is 0.929. The van der Waals surface area contributed by atoms with Gasteiger partial charge in [-0.15, -0.1) is 0 Å². The molecule has 0 aromatic carbocycles. The SMILES string of the molecule is CCCCNC(CC)CCC[C@H](C)CCC. The lowest BCUT2D eigenvalue weighted by atomic mass is 9.97. The average molecular weight is 227 g/mol. The Morgan fingerprint density at radius 3 is 2.19 bits per heavy atom.